The Morgan fingerprint density at radius 2 is 1.85 bits per heavy atom. The molecule has 41 heavy (non-hydrogen) atoms. The number of pyridine rings is 1. The highest BCUT2D eigenvalue weighted by Crippen LogP contribution is 2.55. The summed E-state index contributed by atoms with van der Waals surface area (Å²) in [6.45, 7) is 4.99. The molecule has 0 radical (unpaired) electrons. The van der Waals surface area contributed by atoms with Gasteiger partial charge in [-0.3, -0.25) is 14.6 Å². The van der Waals surface area contributed by atoms with Crippen LogP contribution in [0.5, 0.6) is 0 Å². The van der Waals surface area contributed by atoms with Crippen molar-refractivity contribution in [2.75, 3.05) is 40.8 Å². The topological polar surface area (TPSA) is 77.6 Å². The first-order valence-corrected chi connectivity index (χ1v) is 15.1. The average Bonchev–Trinajstić information content (AvgIpc) is 3.70. The van der Waals surface area contributed by atoms with E-state index in [1.807, 2.05) is 63.6 Å². The van der Waals surface area contributed by atoms with Crippen molar-refractivity contribution in [3.05, 3.63) is 76.5 Å². The number of likely N-dealkylation sites (N-methyl/N-ethyl adjacent to an activating group) is 1. The molecule has 1 saturated carbocycles. The van der Waals surface area contributed by atoms with Crippen molar-refractivity contribution < 1.29 is 9.59 Å². The van der Waals surface area contributed by atoms with Gasteiger partial charge >= 0.3 is 0 Å². The molecule has 2 fully saturated rings. The zero-order valence-corrected chi connectivity index (χ0v) is 24.9. The van der Waals surface area contributed by atoms with Crippen LogP contribution >= 0.6 is 0 Å². The lowest BCUT2D eigenvalue weighted by Crippen LogP contribution is -2.57. The van der Waals surface area contributed by atoms with E-state index in [0.717, 1.165) is 61.3 Å². The van der Waals surface area contributed by atoms with Crippen LogP contribution in [0, 0.1) is 11.3 Å². The van der Waals surface area contributed by atoms with Crippen molar-refractivity contribution in [1.29, 1.82) is 0 Å². The molecule has 216 valence electrons. The normalized spacial score (nSPS) is 20.8. The summed E-state index contributed by atoms with van der Waals surface area (Å²) >= 11 is 0. The van der Waals surface area contributed by atoms with Crippen LogP contribution in [0.4, 0.5) is 0 Å². The number of likely N-dealkylation sites (tertiary alicyclic amines) is 1. The number of aromatic nitrogens is 1. The molecule has 2 atom stereocenters. The number of carbonyl (C=O) groups is 2. The number of aryl methyl sites for hydroxylation is 1. The van der Waals surface area contributed by atoms with Gasteiger partial charge in [0.25, 0.3) is 11.8 Å². The van der Waals surface area contributed by atoms with E-state index in [0.29, 0.717) is 16.5 Å². The molecule has 2 N–H and O–H groups in total. The molecule has 3 aromatic rings. The van der Waals surface area contributed by atoms with Gasteiger partial charge in [-0.1, -0.05) is 19.1 Å². The minimum Gasteiger partial charge on any atom is -0.347 e. The van der Waals surface area contributed by atoms with Crippen LogP contribution < -0.4 is 10.6 Å². The van der Waals surface area contributed by atoms with Gasteiger partial charge in [-0.25, -0.2) is 0 Å². The van der Waals surface area contributed by atoms with E-state index in [4.69, 9.17) is 4.98 Å². The number of nitrogens with zero attached hydrogens (tertiary/aromatic N) is 3. The van der Waals surface area contributed by atoms with E-state index in [-0.39, 0.29) is 23.9 Å². The number of benzene rings is 2. The van der Waals surface area contributed by atoms with Gasteiger partial charge in [-0.15, -0.1) is 0 Å². The Balaban J connectivity index is 1.20. The summed E-state index contributed by atoms with van der Waals surface area (Å²) in [5.41, 5.74) is 6.26. The number of fused-ring (bicyclic) bond motifs is 2. The number of hydrogen-bond donors (Lipinski definition) is 2. The third-order valence-electron chi connectivity index (χ3n) is 9.59. The first-order chi connectivity index (χ1) is 19.7. The second kappa shape index (κ2) is 11.2. The molecule has 2 aromatic carbocycles. The van der Waals surface area contributed by atoms with Gasteiger partial charge in [0.1, 0.15) is 0 Å². The zero-order valence-electron chi connectivity index (χ0n) is 24.9. The second-order valence-electron chi connectivity index (χ2n) is 13.2. The van der Waals surface area contributed by atoms with Crippen LogP contribution in [0.15, 0.2) is 48.5 Å². The fourth-order valence-corrected chi connectivity index (χ4v) is 6.58. The summed E-state index contributed by atoms with van der Waals surface area (Å²) in [7, 11) is 6.11. The quantitative estimate of drug-likeness (QED) is 0.405. The monoisotopic (exact) mass is 553 g/mol. The molecule has 3 aliphatic rings. The van der Waals surface area contributed by atoms with E-state index < -0.39 is 0 Å². The Morgan fingerprint density at radius 1 is 1.07 bits per heavy atom. The van der Waals surface area contributed by atoms with Crippen LogP contribution in [-0.4, -0.2) is 73.4 Å². The summed E-state index contributed by atoms with van der Waals surface area (Å²) in [5, 5.41) is 7.43. The van der Waals surface area contributed by atoms with Crippen LogP contribution in [0.3, 0.4) is 0 Å². The summed E-state index contributed by atoms with van der Waals surface area (Å²) in [5.74, 6) is 0.570. The van der Waals surface area contributed by atoms with Crippen LogP contribution in [0.2, 0.25) is 0 Å². The first kappa shape index (κ1) is 27.9. The fraction of sp³-hybridized carbons (Fsp3) is 0.500. The van der Waals surface area contributed by atoms with Gasteiger partial charge in [-0.2, -0.15) is 0 Å². The maximum atomic E-state index is 13.6. The van der Waals surface area contributed by atoms with E-state index in [2.05, 4.69) is 33.4 Å². The second-order valence-corrected chi connectivity index (χ2v) is 13.2. The molecule has 2 heterocycles. The first-order valence-electron chi connectivity index (χ1n) is 15.1. The number of amides is 2. The molecule has 1 saturated heterocycles. The summed E-state index contributed by atoms with van der Waals surface area (Å²) in [6, 6.07) is 15.8. The van der Waals surface area contributed by atoms with Gasteiger partial charge < -0.3 is 20.4 Å². The zero-order chi connectivity index (χ0) is 28.7. The largest absolute Gasteiger partial charge is 0.347 e. The lowest BCUT2D eigenvalue weighted by atomic mass is 9.77. The summed E-state index contributed by atoms with van der Waals surface area (Å²) < 4.78 is 0. The average molecular weight is 554 g/mol. The third kappa shape index (κ3) is 6.16. The molecule has 1 unspecified atom stereocenters. The van der Waals surface area contributed by atoms with E-state index in [9.17, 15) is 9.59 Å². The maximum Gasteiger partial charge on any atom is 0.251 e. The van der Waals surface area contributed by atoms with E-state index in [1.165, 1.54) is 30.5 Å². The van der Waals surface area contributed by atoms with Crippen LogP contribution in [0.1, 0.15) is 76.2 Å². The molecule has 2 amide bonds. The predicted octanol–water partition coefficient (Wildman–Crippen LogP) is 4.61. The Kier molecular flexibility index (Phi) is 7.60. The van der Waals surface area contributed by atoms with Gasteiger partial charge in [-0.05, 0) is 125 Å². The third-order valence-corrected chi connectivity index (χ3v) is 9.59. The maximum absolute atomic E-state index is 13.6. The molecule has 7 heteroatoms. The number of nitrogens with one attached hydrogen (secondary N) is 2. The molecular formula is C34H43N5O2. The fourth-order valence-electron chi connectivity index (χ4n) is 6.58. The van der Waals surface area contributed by atoms with Gasteiger partial charge in [0.2, 0.25) is 0 Å². The highest BCUT2D eigenvalue weighted by molar-refractivity contribution is 5.98. The van der Waals surface area contributed by atoms with Crippen LogP contribution in [-0.2, 0) is 12.8 Å². The lowest BCUT2D eigenvalue weighted by molar-refractivity contribution is 0.0857. The minimum absolute atomic E-state index is 0.0640. The lowest BCUT2D eigenvalue weighted by Gasteiger charge is -2.36. The summed E-state index contributed by atoms with van der Waals surface area (Å²) in [6.07, 6.45) is 6.81. The van der Waals surface area contributed by atoms with Crippen molar-refractivity contribution >= 4 is 22.7 Å². The van der Waals surface area contributed by atoms with Crippen molar-refractivity contribution in [1.82, 2.24) is 25.4 Å². The SMILES string of the molecule is CN(C)CC[C@@H](NC(=O)c1ccc2nc3c(cc2c1)CC(C1(C)CC1)CC3)c1cccc(C(=O)NC2CN(C)C2)c1. The number of hydrogen-bond acceptors (Lipinski definition) is 5. The predicted molar refractivity (Wildman–Crippen MR) is 163 cm³/mol. The molecule has 6 rings (SSSR count). The van der Waals surface area contributed by atoms with Crippen molar-refractivity contribution in [2.45, 2.75) is 57.5 Å². The van der Waals surface area contributed by atoms with Crippen LogP contribution in [0.25, 0.3) is 10.9 Å². The van der Waals surface area contributed by atoms with Crippen molar-refractivity contribution in [3.63, 3.8) is 0 Å². The minimum atomic E-state index is -0.218. The van der Waals surface area contributed by atoms with E-state index in [1.54, 1.807) is 0 Å². The Labute approximate surface area is 243 Å². The van der Waals surface area contributed by atoms with Gasteiger partial charge in [0.05, 0.1) is 17.6 Å². The van der Waals surface area contributed by atoms with Gasteiger partial charge in [0.15, 0.2) is 0 Å². The highest BCUT2D eigenvalue weighted by Gasteiger charge is 2.45. The Morgan fingerprint density at radius 3 is 2.59 bits per heavy atom. The number of carbonyl (C=O) groups excluding carboxylic acids is 2. The molecule has 2 aliphatic carbocycles. The Hall–Kier alpha value is -3.29. The molecule has 1 aromatic heterocycles. The molecular weight excluding hydrogens is 510 g/mol. The molecule has 0 spiro atoms. The Bertz CT molecular complexity index is 1460. The molecule has 0 bridgehead atoms. The van der Waals surface area contributed by atoms with Gasteiger partial charge in [0, 0.05) is 35.3 Å². The highest BCUT2D eigenvalue weighted by atomic mass is 16.2. The van der Waals surface area contributed by atoms with Crippen molar-refractivity contribution in [3.8, 4) is 0 Å². The van der Waals surface area contributed by atoms with E-state index >= 15 is 0 Å². The van der Waals surface area contributed by atoms with Crippen molar-refractivity contribution in [2.24, 2.45) is 11.3 Å². The summed E-state index contributed by atoms with van der Waals surface area (Å²) in [4.78, 5) is 35.8. The number of rotatable bonds is 9. The smallest absolute Gasteiger partial charge is 0.251 e. The molecule has 1 aliphatic heterocycles. The standard InChI is InChI=1S/C34H43N5O2/c1-34(13-14-34)27-9-11-30-26(19-27)18-25-17-24(8-10-29(25)36-30)33(41)37-31(12-15-38(2)3)22-6-5-7-23(16-22)32(40)35-28-20-39(4)21-28/h5-8,10,16-18,27-28,31H,9,11-15,19-21H2,1-4H3,(H,35,40)(H,37,41)/t27?,31-/m1/s1. The molecule has 7 nitrogen and oxygen atoms in total.